The van der Waals surface area contributed by atoms with Gasteiger partial charge in [0.1, 0.15) is 0 Å². The third kappa shape index (κ3) is 3.53. The Kier molecular flexibility index (Phi) is 4.90. The second kappa shape index (κ2) is 6.65. The maximum Gasteiger partial charge on any atom is 0.212 e. The number of ether oxygens (including phenoxy) is 1. The first-order chi connectivity index (χ1) is 9.24. The monoisotopic (exact) mass is 277 g/mol. The van der Waals surface area contributed by atoms with Crippen LogP contribution < -0.4 is 10.5 Å². The van der Waals surface area contributed by atoms with Crippen LogP contribution in [0.2, 0.25) is 0 Å². The zero-order valence-electron chi connectivity index (χ0n) is 11.2. The Labute approximate surface area is 117 Å². The lowest BCUT2D eigenvalue weighted by Crippen LogP contribution is -2.30. The number of thiophene rings is 1. The predicted molar refractivity (Wildman–Crippen MR) is 78.4 cm³/mol. The van der Waals surface area contributed by atoms with Gasteiger partial charge >= 0.3 is 0 Å². The second-order valence-corrected chi connectivity index (χ2v) is 5.41. The fourth-order valence-corrected chi connectivity index (χ4v) is 2.81. The molecule has 0 spiro atoms. The van der Waals surface area contributed by atoms with E-state index in [4.69, 9.17) is 10.5 Å². The summed E-state index contributed by atoms with van der Waals surface area (Å²) in [4.78, 5) is 7.82. The van der Waals surface area contributed by atoms with Gasteiger partial charge in [0, 0.05) is 36.3 Å². The number of nitrogens with zero attached hydrogens (tertiary/aromatic N) is 2. The number of likely N-dealkylation sites (N-methyl/N-ethyl adjacent to an activating group) is 1. The van der Waals surface area contributed by atoms with Crippen molar-refractivity contribution in [3.8, 4) is 5.88 Å². The van der Waals surface area contributed by atoms with Crippen LogP contribution in [-0.2, 0) is 6.54 Å². The number of hydrogen-bond acceptors (Lipinski definition) is 5. The summed E-state index contributed by atoms with van der Waals surface area (Å²) in [5.74, 6) is 0.625. The van der Waals surface area contributed by atoms with Crippen LogP contribution in [0, 0.1) is 0 Å². The summed E-state index contributed by atoms with van der Waals surface area (Å²) in [5, 5.41) is 2.09. The summed E-state index contributed by atoms with van der Waals surface area (Å²) in [7, 11) is 3.70. The Hall–Kier alpha value is -1.43. The van der Waals surface area contributed by atoms with Gasteiger partial charge in [0.25, 0.3) is 0 Å². The van der Waals surface area contributed by atoms with Crippen LogP contribution in [0.1, 0.15) is 16.5 Å². The SMILES string of the molecule is COc1ccc(C(CN)N(C)Cc2cccs2)cn1. The molecule has 0 saturated heterocycles. The van der Waals surface area contributed by atoms with E-state index in [-0.39, 0.29) is 6.04 Å². The third-order valence-corrected chi connectivity index (χ3v) is 3.95. The third-order valence-electron chi connectivity index (χ3n) is 3.09. The molecule has 0 saturated carbocycles. The zero-order chi connectivity index (χ0) is 13.7. The van der Waals surface area contributed by atoms with E-state index in [2.05, 4.69) is 34.4 Å². The molecule has 2 aromatic heterocycles. The molecule has 1 atom stereocenters. The molecule has 0 aromatic carbocycles. The van der Waals surface area contributed by atoms with Crippen molar-refractivity contribution in [3.05, 3.63) is 46.3 Å². The van der Waals surface area contributed by atoms with Crippen molar-refractivity contribution in [2.24, 2.45) is 5.73 Å². The molecule has 0 aliphatic rings. The van der Waals surface area contributed by atoms with Crippen molar-refractivity contribution in [2.75, 3.05) is 20.7 Å². The van der Waals surface area contributed by atoms with Gasteiger partial charge in [-0.25, -0.2) is 4.98 Å². The lowest BCUT2D eigenvalue weighted by molar-refractivity contribution is 0.243. The van der Waals surface area contributed by atoms with E-state index in [9.17, 15) is 0 Å². The Bertz CT molecular complexity index is 484. The van der Waals surface area contributed by atoms with Gasteiger partial charge in [0.15, 0.2) is 0 Å². The van der Waals surface area contributed by atoms with Crippen molar-refractivity contribution in [1.29, 1.82) is 0 Å². The highest BCUT2D eigenvalue weighted by atomic mass is 32.1. The average Bonchev–Trinajstić information content (AvgIpc) is 2.93. The predicted octanol–water partition coefficient (Wildman–Crippen LogP) is 2.28. The van der Waals surface area contributed by atoms with E-state index in [1.54, 1.807) is 18.4 Å². The second-order valence-electron chi connectivity index (χ2n) is 4.38. The smallest absolute Gasteiger partial charge is 0.212 e. The molecule has 0 bridgehead atoms. The van der Waals surface area contributed by atoms with Gasteiger partial charge in [-0.1, -0.05) is 12.1 Å². The standard InChI is InChI=1S/C14H19N3OS/c1-17(10-12-4-3-7-19-12)13(8-15)11-5-6-14(18-2)16-9-11/h3-7,9,13H,8,10,15H2,1-2H3. The van der Waals surface area contributed by atoms with Gasteiger partial charge in [-0.2, -0.15) is 0 Å². The average molecular weight is 277 g/mol. The molecule has 0 aliphatic carbocycles. The highest BCUT2D eigenvalue weighted by molar-refractivity contribution is 7.09. The highest BCUT2D eigenvalue weighted by Crippen LogP contribution is 2.22. The maximum atomic E-state index is 5.91. The normalized spacial score (nSPS) is 12.6. The molecular weight excluding hydrogens is 258 g/mol. The van der Waals surface area contributed by atoms with Crippen LogP contribution in [0.3, 0.4) is 0 Å². The molecule has 2 heterocycles. The Morgan fingerprint density at radius 1 is 1.42 bits per heavy atom. The van der Waals surface area contributed by atoms with Gasteiger partial charge in [-0.05, 0) is 24.1 Å². The van der Waals surface area contributed by atoms with Gasteiger partial charge in [0.05, 0.1) is 7.11 Å². The van der Waals surface area contributed by atoms with Crippen molar-refractivity contribution in [2.45, 2.75) is 12.6 Å². The Morgan fingerprint density at radius 3 is 2.79 bits per heavy atom. The number of aromatic nitrogens is 1. The topological polar surface area (TPSA) is 51.4 Å². The molecule has 0 fully saturated rings. The minimum Gasteiger partial charge on any atom is -0.481 e. The number of pyridine rings is 1. The molecule has 2 aromatic rings. The number of methoxy groups -OCH3 is 1. The minimum atomic E-state index is 0.167. The van der Waals surface area contributed by atoms with Crippen LogP contribution in [0.15, 0.2) is 35.8 Å². The summed E-state index contributed by atoms with van der Waals surface area (Å²) in [6.07, 6.45) is 1.83. The van der Waals surface area contributed by atoms with Gasteiger partial charge < -0.3 is 10.5 Å². The van der Waals surface area contributed by atoms with Crippen molar-refractivity contribution in [1.82, 2.24) is 9.88 Å². The molecule has 4 nitrogen and oxygen atoms in total. The van der Waals surface area contributed by atoms with E-state index < -0.39 is 0 Å². The van der Waals surface area contributed by atoms with E-state index in [0.29, 0.717) is 12.4 Å². The van der Waals surface area contributed by atoms with E-state index >= 15 is 0 Å². The first-order valence-electron chi connectivity index (χ1n) is 6.17. The lowest BCUT2D eigenvalue weighted by Gasteiger charge is -2.26. The minimum absolute atomic E-state index is 0.167. The van der Waals surface area contributed by atoms with Crippen molar-refractivity contribution in [3.63, 3.8) is 0 Å². The highest BCUT2D eigenvalue weighted by Gasteiger charge is 2.16. The van der Waals surface area contributed by atoms with Crippen LogP contribution in [0.4, 0.5) is 0 Å². The molecule has 19 heavy (non-hydrogen) atoms. The first kappa shape index (κ1) is 14.0. The van der Waals surface area contributed by atoms with Gasteiger partial charge in [-0.3, -0.25) is 4.90 Å². The summed E-state index contributed by atoms with van der Waals surface area (Å²) in [5.41, 5.74) is 7.02. The summed E-state index contributed by atoms with van der Waals surface area (Å²) < 4.78 is 5.07. The van der Waals surface area contributed by atoms with E-state index in [1.807, 2.05) is 18.3 Å². The molecular formula is C14H19N3OS. The summed E-state index contributed by atoms with van der Waals surface area (Å²) >= 11 is 1.76. The van der Waals surface area contributed by atoms with Crippen LogP contribution in [0.5, 0.6) is 5.88 Å². The molecule has 5 heteroatoms. The molecule has 2 rings (SSSR count). The lowest BCUT2D eigenvalue weighted by atomic mass is 10.1. The summed E-state index contributed by atoms with van der Waals surface area (Å²) in [6.45, 7) is 1.46. The molecule has 0 aliphatic heterocycles. The molecule has 0 amide bonds. The summed E-state index contributed by atoms with van der Waals surface area (Å²) in [6, 6.07) is 8.27. The zero-order valence-corrected chi connectivity index (χ0v) is 12.1. The molecule has 1 unspecified atom stereocenters. The van der Waals surface area contributed by atoms with Crippen molar-refractivity contribution < 1.29 is 4.74 Å². The number of rotatable bonds is 6. The fraction of sp³-hybridized carbons (Fsp3) is 0.357. The van der Waals surface area contributed by atoms with Gasteiger partial charge in [0.2, 0.25) is 5.88 Å². The Balaban J connectivity index is 2.09. The number of hydrogen-bond donors (Lipinski definition) is 1. The largest absolute Gasteiger partial charge is 0.481 e. The van der Waals surface area contributed by atoms with Crippen LogP contribution in [0.25, 0.3) is 0 Å². The van der Waals surface area contributed by atoms with Gasteiger partial charge in [-0.15, -0.1) is 11.3 Å². The van der Waals surface area contributed by atoms with Crippen molar-refractivity contribution >= 4 is 11.3 Å². The van der Waals surface area contributed by atoms with E-state index in [0.717, 1.165) is 12.1 Å². The Morgan fingerprint density at radius 2 is 2.26 bits per heavy atom. The fourth-order valence-electron chi connectivity index (χ4n) is 2.04. The molecule has 0 radical (unpaired) electrons. The number of nitrogens with two attached hydrogens (primary N) is 1. The van der Waals surface area contributed by atoms with Crippen LogP contribution in [-0.4, -0.2) is 30.6 Å². The van der Waals surface area contributed by atoms with E-state index in [1.165, 1.54) is 4.88 Å². The molecule has 2 N–H and O–H groups in total. The van der Waals surface area contributed by atoms with Crippen LogP contribution >= 0.6 is 11.3 Å². The first-order valence-corrected chi connectivity index (χ1v) is 7.05. The quantitative estimate of drug-likeness (QED) is 0.880. The molecule has 102 valence electrons. The maximum absolute atomic E-state index is 5.91.